The van der Waals surface area contributed by atoms with Crippen LogP contribution in [0.1, 0.15) is 25.7 Å². The number of hydrogen-bond acceptors (Lipinski definition) is 4. The molecule has 1 aromatic heterocycles. The van der Waals surface area contributed by atoms with Crippen LogP contribution in [0, 0.1) is 5.82 Å². The van der Waals surface area contributed by atoms with Crippen molar-refractivity contribution < 1.29 is 13.9 Å². The number of ether oxygens (including phenoxy) is 1. The molecule has 0 radical (unpaired) electrons. The minimum absolute atomic E-state index is 0.108. The third-order valence-corrected chi connectivity index (χ3v) is 5.52. The van der Waals surface area contributed by atoms with E-state index in [-0.39, 0.29) is 11.3 Å². The monoisotopic (exact) mass is 308 g/mol. The Labute approximate surface area is 125 Å². The maximum absolute atomic E-state index is 14.0. The lowest BCUT2D eigenvalue weighted by molar-refractivity contribution is 0.103. The average Bonchev–Trinajstić information content (AvgIpc) is 2.90. The number of carbonyl (C=O) groups excluding carboxylic acids is 1. The Morgan fingerprint density at radius 3 is 2.90 bits per heavy atom. The van der Waals surface area contributed by atoms with Crippen LogP contribution in [0.4, 0.5) is 4.39 Å². The predicted molar refractivity (Wildman–Crippen MR) is 80.6 cm³/mol. The number of rotatable bonds is 3. The van der Waals surface area contributed by atoms with E-state index < -0.39 is 5.82 Å². The van der Waals surface area contributed by atoms with Gasteiger partial charge in [0.05, 0.1) is 17.6 Å². The summed E-state index contributed by atoms with van der Waals surface area (Å²) < 4.78 is 18.9. The number of benzene rings is 1. The van der Waals surface area contributed by atoms with Crippen LogP contribution in [-0.4, -0.2) is 18.6 Å². The van der Waals surface area contributed by atoms with Gasteiger partial charge in [-0.15, -0.1) is 11.3 Å². The second kappa shape index (κ2) is 5.58. The average molecular weight is 308 g/mol. The first-order valence-electron chi connectivity index (χ1n) is 6.26. The van der Waals surface area contributed by atoms with Crippen molar-refractivity contribution in [3.05, 3.63) is 51.0 Å². The quantitative estimate of drug-likeness (QED) is 0.804. The molecule has 0 N–H and O–H groups in total. The standard InChI is InChI=1S/C15H13FO2S2/c1-18-10-2-3-11(12(16)7-10)15(17)14-6-9-8-19-5-4-13(9)20-14/h2-3,6-7H,4-5,8H2,1H3. The molecular weight excluding hydrogens is 295 g/mol. The fourth-order valence-corrected chi connectivity index (χ4v) is 4.53. The third kappa shape index (κ3) is 2.47. The van der Waals surface area contributed by atoms with E-state index in [1.807, 2.05) is 17.8 Å². The molecule has 2 heterocycles. The van der Waals surface area contributed by atoms with Crippen LogP contribution in [0.5, 0.6) is 5.75 Å². The van der Waals surface area contributed by atoms with Gasteiger partial charge >= 0.3 is 0 Å². The summed E-state index contributed by atoms with van der Waals surface area (Å²) in [5.41, 5.74) is 1.33. The topological polar surface area (TPSA) is 26.3 Å². The highest BCUT2D eigenvalue weighted by Crippen LogP contribution is 2.33. The number of aryl methyl sites for hydroxylation is 1. The molecule has 20 heavy (non-hydrogen) atoms. The first-order chi connectivity index (χ1) is 9.69. The van der Waals surface area contributed by atoms with Gasteiger partial charge in [-0.05, 0) is 35.9 Å². The van der Waals surface area contributed by atoms with Gasteiger partial charge in [0.15, 0.2) is 0 Å². The minimum Gasteiger partial charge on any atom is -0.497 e. The van der Waals surface area contributed by atoms with Crippen molar-refractivity contribution in [1.29, 1.82) is 0 Å². The van der Waals surface area contributed by atoms with Crippen LogP contribution in [0.3, 0.4) is 0 Å². The number of fused-ring (bicyclic) bond motifs is 1. The zero-order valence-corrected chi connectivity index (χ0v) is 12.6. The molecule has 3 rings (SSSR count). The zero-order chi connectivity index (χ0) is 14.1. The highest BCUT2D eigenvalue weighted by molar-refractivity contribution is 7.98. The van der Waals surface area contributed by atoms with Gasteiger partial charge in [-0.2, -0.15) is 11.8 Å². The van der Waals surface area contributed by atoms with E-state index in [1.165, 1.54) is 41.0 Å². The van der Waals surface area contributed by atoms with Crippen molar-refractivity contribution in [2.45, 2.75) is 12.2 Å². The van der Waals surface area contributed by atoms with Gasteiger partial charge in [0, 0.05) is 16.7 Å². The zero-order valence-electron chi connectivity index (χ0n) is 10.9. The fraction of sp³-hybridized carbons (Fsp3) is 0.267. The molecule has 0 amide bonds. The molecule has 0 saturated heterocycles. The number of thiophene rings is 1. The summed E-state index contributed by atoms with van der Waals surface area (Å²) in [6.45, 7) is 0. The summed E-state index contributed by atoms with van der Waals surface area (Å²) in [6, 6.07) is 6.26. The van der Waals surface area contributed by atoms with Crippen LogP contribution in [-0.2, 0) is 12.2 Å². The second-order valence-corrected chi connectivity index (χ2v) is 6.78. The molecule has 0 unspecified atom stereocenters. The lowest BCUT2D eigenvalue weighted by Crippen LogP contribution is -2.02. The van der Waals surface area contributed by atoms with Gasteiger partial charge in [0.25, 0.3) is 0 Å². The van der Waals surface area contributed by atoms with Crippen LogP contribution >= 0.6 is 23.1 Å². The largest absolute Gasteiger partial charge is 0.497 e. The Morgan fingerprint density at radius 2 is 2.20 bits per heavy atom. The Morgan fingerprint density at radius 1 is 1.35 bits per heavy atom. The molecule has 0 fully saturated rings. The Balaban J connectivity index is 1.94. The Bertz CT molecular complexity index is 640. The molecule has 0 aliphatic carbocycles. The molecule has 5 heteroatoms. The molecule has 2 aromatic rings. The maximum Gasteiger partial charge on any atom is 0.205 e. The maximum atomic E-state index is 14.0. The van der Waals surface area contributed by atoms with Gasteiger partial charge in [0.2, 0.25) is 5.78 Å². The first kappa shape index (κ1) is 13.6. The van der Waals surface area contributed by atoms with Crippen LogP contribution < -0.4 is 4.74 Å². The molecule has 1 aromatic carbocycles. The number of methoxy groups -OCH3 is 1. The van der Waals surface area contributed by atoms with Crippen molar-refractivity contribution in [3.63, 3.8) is 0 Å². The molecule has 0 bridgehead atoms. The Hall–Kier alpha value is -1.33. The lowest BCUT2D eigenvalue weighted by atomic mass is 10.1. The first-order valence-corrected chi connectivity index (χ1v) is 8.23. The summed E-state index contributed by atoms with van der Waals surface area (Å²) in [4.78, 5) is 14.3. The van der Waals surface area contributed by atoms with E-state index in [0.717, 1.165) is 17.9 Å². The second-order valence-electron chi connectivity index (χ2n) is 4.54. The predicted octanol–water partition coefficient (Wildman–Crippen LogP) is 3.92. The van der Waals surface area contributed by atoms with Crippen molar-refractivity contribution in [2.24, 2.45) is 0 Å². The van der Waals surface area contributed by atoms with Crippen LogP contribution in [0.15, 0.2) is 24.3 Å². The molecular formula is C15H13FO2S2. The summed E-state index contributed by atoms with van der Waals surface area (Å²) in [5, 5.41) is 0. The van der Waals surface area contributed by atoms with E-state index in [4.69, 9.17) is 4.74 Å². The molecule has 104 valence electrons. The van der Waals surface area contributed by atoms with Gasteiger partial charge < -0.3 is 4.74 Å². The summed E-state index contributed by atoms with van der Waals surface area (Å²) in [6.07, 6.45) is 1.00. The normalized spacial score (nSPS) is 13.9. The number of halogens is 1. The third-order valence-electron chi connectivity index (χ3n) is 3.27. The minimum atomic E-state index is -0.532. The van der Waals surface area contributed by atoms with E-state index in [9.17, 15) is 9.18 Å². The van der Waals surface area contributed by atoms with Gasteiger partial charge in [-0.1, -0.05) is 0 Å². The van der Waals surface area contributed by atoms with Crippen molar-refractivity contribution in [3.8, 4) is 5.75 Å². The number of hydrogen-bond donors (Lipinski definition) is 0. The molecule has 2 nitrogen and oxygen atoms in total. The highest BCUT2D eigenvalue weighted by atomic mass is 32.2. The highest BCUT2D eigenvalue weighted by Gasteiger charge is 2.20. The molecule has 0 spiro atoms. The summed E-state index contributed by atoms with van der Waals surface area (Å²) >= 11 is 3.37. The summed E-state index contributed by atoms with van der Waals surface area (Å²) in [5.74, 6) is 1.69. The van der Waals surface area contributed by atoms with Gasteiger partial charge in [-0.25, -0.2) is 4.39 Å². The fourth-order valence-electron chi connectivity index (χ4n) is 2.20. The van der Waals surface area contributed by atoms with E-state index in [0.29, 0.717) is 10.6 Å². The molecule has 1 aliphatic rings. The van der Waals surface area contributed by atoms with Crippen LogP contribution in [0.2, 0.25) is 0 Å². The van der Waals surface area contributed by atoms with Gasteiger partial charge in [-0.3, -0.25) is 4.79 Å². The lowest BCUT2D eigenvalue weighted by Gasteiger charge is -2.08. The summed E-state index contributed by atoms with van der Waals surface area (Å²) in [7, 11) is 1.47. The van der Waals surface area contributed by atoms with Crippen molar-refractivity contribution in [2.75, 3.05) is 12.9 Å². The van der Waals surface area contributed by atoms with Gasteiger partial charge in [0.1, 0.15) is 11.6 Å². The van der Waals surface area contributed by atoms with E-state index in [2.05, 4.69) is 0 Å². The molecule has 0 saturated carbocycles. The van der Waals surface area contributed by atoms with E-state index in [1.54, 1.807) is 6.07 Å². The number of ketones is 1. The molecule has 0 atom stereocenters. The SMILES string of the molecule is COc1ccc(C(=O)c2cc3c(s2)CCSC3)c(F)c1. The van der Waals surface area contributed by atoms with Crippen molar-refractivity contribution >= 4 is 28.9 Å². The number of carbonyl (C=O) groups is 1. The smallest absolute Gasteiger partial charge is 0.205 e. The van der Waals surface area contributed by atoms with Crippen molar-refractivity contribution in [1.82, 2.24) is 0 Å². The molecule has 1 aliphatic heterocycles. The van der Waals surface area contributed by atoms with E-state index >= 15 is 0 Å². The van der Waals surface area contributed by atoms with Crippen LogP contribution in [0.25, 0.3) is 0 Å². The Kier molecular flexibility index (Phi) is 3.81. The number of thioether (sulfide) groups is 1.